The van der Waals surface area contributed by atoms with Gasteiger partial charge in [-0.1, -0.05) is 17.7 Å². The van der Waals surface area contributed by atoms with E-state index in [9.17, 15) is 9.59 Å². The molecule has 1 aromatic heterocycles. The van der Waals surface area contributed by atoms with Gasteiger partial charge in [-0.05, 0) is 12.1 Å². The summed E-state index contributed by atoms with van der Waals surface area (Å²) in [5.41, 5.74) is -0.551. The average Bonchev–Trinajstić information content (AvgIpc) is 2.02. The van der Waals surface area contributed by atoms with Gasteiger partial charge in [0.2, 0.25) is 0 Å². The van der Waals surface area contributed by atoms with Crippen LogP contribution in [0, 0.1) is 0 Å². The molecule has 0 fully saturated rings. The van der Waals surface area contributed by atoms with Gasteiger partial charge in [0.05, 0.1) is 15.9 Å². The number of rotatable bonds is 0. The fourth-order valence-electron chi connectivity index (χ4n) is 1.18. The first-order chi connectivity index (χ1) is 6.18. The quantitative estimate of drug-likeness (QED) is 0.643. The Morgan fingerprint density at radius 2 is 1.86 bits per heavy atom. The van der Waals surface area contributed by atoms with Gasteiger partial charge in [-0.3, -0.25) is 9.78 Å². The normalized spacial score (nSPS) is 9.79. The first-order valence-corrected chi connectivity index (χ1v) is 3.97. The van der Waals surface area contributed by atoms with E-state index in [-0.39, 0.29) is 51.4 Å². The minimum atomic E-state index is -0.528. The molecule has 68 valence electrons. The van der Waals surface area contributed by atoms with Gasteiger partial charge in [-0.25, -0.2) is 4.79 Å². The van der Waals surface area contributed by atoms with Gasteiger partial charge >= 0.3 is 57.1 Å². The van der Waals surface area contributed by atoms with E-state index in [4.69, 9.17) is 11.6 Å². The van der Waals surface area contributed by atoms with Gasteiger partial charge < -0.3 is 4.98 Å². The predicted octanol–water partition coefficient (Wildman–Crippen LogP) is 0.221. The molecule has 0 atom stereocenters. The van der Waals surface area contributed by atoms with Gasteiger partial charge in [0.1, 0.15) is 0 Å². The van der Waals surface area contributed by atoms with Crippen LogP contribution in [-0.2, 0) is 0 Å². The summed E-state index contributed by atoms with van der Waals surface area (Å²) in [5.74, 6) is 0. The van der Waals surface area contributed by atoms with E-state index in [1.807, 2.05) is 0 Å². The molecule has 4 nitrogen and oxygen atoms in total. The van der Waals surface area contributed by atoms with E-state index in [0.29, 0.717) is 15.9 Å². The number of benzene rings is 1. The molecule has 0 spiro atoms. The minimum absolute atomic E-state index is 0. The number of hydrogen-bond donors (Lipinski definition) is 2. The first kappa shape index (κ1) is 12.2. The van der Waals surface area contributed by atoms with Crippen molar-refractivity contribution >= 4 is 73.9 Å². The maximum atomic E-state index is 11.3. The second kappa shape index (κ2) is 4.74. The van der Waals surface area contributed by atoms with Crippen molar-refractivity contribution in [1.29, 1.82) is 0 Å². The molecule has 0 aliphatic rings. The summed E-state index contributed by atoms with van der Waals surface area (Å²) >= 11 is 5.77. The summed E-state index contributed by atoms with van der Waals surface area (Å²) in [6.07, 6.45) is 0. The Morgan fingerprint density at radius 1 is 1.14 bits per heavy atom. The number of hydrogen-bond acceptors (Lipinski definition) is 2. The molecule has 2 N–H and O–H groups in total. The van der Waals surface area contributed by atoms with Gasteiger partial charge in [-0.2, -0.15) is 0 Å². The van der Waals surface area contributed by atoms with E-state index < -0.39 is 11.2 Å². The summed E-state index contributed by atoms with van der Waals surface area (Å²) in [7, 11) is 0. The zero-order valence-corrected chi connectivity index (χ0v) is 7.18. The molecule has 0 saturated heterocycles. The summed E-state index contributed by atoms with van der Waals surface area (Å²) in [6, 6.07) is 4.88. The summed E-state index contributed by atoms with van der Waals surface area (Å²) in [5, 5.41) is 0.638. The number of fused-ring (bicyclic) bond motifs is 1. The van der Waals surface area contributed by atoms with E-state index >= 15 is 0 Å². The van der Waals surface area contributed by atoms with Crippen molar-refractivity contribution in [3.8, 4) is 0 Å². The van der Waals surface area contributed by atoms with Crippen molar-refractivity contribution in [2.45, 2.75) is 0 Å². The van der Waals surface area contributed by atoms with Crippen LogP contribution in [0.1, 0.15) is 0 Å². The summed E-state index contributed by atoms with van der Waals surface area (Å²) in [6.45, 7) is 0. The van der Waals surface area contributed by atoms with Crippen molar-refractivity contribution in [2.24, 2.45) is 0 Å². The third-order valence-electron chi connectivity index (χ3n) is 1.72. The SMILES string of the molecule is O=c1[nH]c(=O)c2c(Cl)cccc2[nH]1.[KH]. The monoisotopic (exact) mass is 236 g/mol. The molecule has 1 heterocycles. The molecule has 0 amide bonds. The van der Waals surface area contributed by atoms with Crippen molar-refractivity contribution < 1.29 is 0 Å². The molecule has 2 rings (SSSR count). The maximum absolute atomic E-state index is 11.3. The number of H-pyrrole nitrogens is 2. The second-order valence-electron chi connectivity index (χ2n) is 2.57. The van der Waals surface area contributed by atoms with E-state index in [0.717, 1.165) is 0 Å². The van der Waals surface area contributed by atoms with Crippen LogP contribution in [0.4, 0.5) is 0 Å². The Labute approximate surface area is 126 Å². The molecule has 0 aliphatic carbocycles. The first-order valence-electron chi connectivity index (χ1n) is 3.59. The third-order valence-corrected chi connectivity index (χ3v) is 2.03. The van der Waals surface area contributed by atoms with Crippen LogP contribution < -0.4 is 11.2 Å². The van der Waals surface area contributed by atoms with Crippen LogP contribution in [0.3, 0.4) is 0 Å². The zero-order chi connectivity index (χ0) is 9.42. The molecular formula is C8H6ClKN2O2. The Hall–Kier alpha value is 0.0864. The molecule has 0 saturated carbocycles. The molecule has 6 heteroatoms. The Morgan fingerprint density at radius 3 is 2.57 bits per heavy atom. The molecule has 14 heavy (non-hydrogen) atoms. The second-order valence-corrected chi connectivity index (χ2v) is 2.98. The molecule has 0 radical (unpaired) electrons. The van der Waals surface area contributed by atoms with E-state index in [1.54, 1.807) is 18.2 Å². The average molecular weight is 237 g/mol. The van der Waals surface area contributed by atoms with Crippen molar-refractivity contribution in [3.05, 3.63) is 44.1 Å². The zero-order valence-electron chi connectivity index (χ0n) is 6.43. The Bertz CT molecular complexity index is 575. The number of aromatic amines is 2. The van der Waals surface area contributed by atoms with Crippen LogP contribution in [0.25, 0.3) is 10.9 Å². The van der Waals surface area contributed by atoms with Crippen molar-refractivity contribution in [2.75, 3.05) is 0 Å². The summed E-state index contributed by atoms with van der Waals surface area (Å²) < 4.78 is 0. The predicted molar refractivity (Wildman–Crippen MR) is 57.3 cm³/mol. The Balaban J connectivity index is 0.000000980. The van der Waals surface area contributed by atoms with Gasteiger partial charge in [0.15, 0.2) is 0 Å². The van der Waals surface area contributed by atoms with Crippen molar-refractivity contribution in [3.63, 3.8) is 0 Å². The van der Waals surface area contributed by atoms with E-state index in [2.05, 4.69) is 9.97 Å². The van der Waals surface area contributed by atoms with Crippen molar-refractivity contribution in [1.82, 2.24) is 9.97 Å². The van der Waals surface area contributed by atoms with Gasteiger partial charge in [0, 0.05) is 0 Å². The van der Waals surface area contributed by atoms with Crippen LogP contribution in [0.5, 0.6) is 0 Å². The summed E-state index contributed by atoms with van der Waals surface area (Å²) in [4.78, 5) is 26.7. The number of halogens is 1. The molecule has 0 bridgehead atoms. The van der Waals surface area contributed by atoms with Gasteiger partial charge in [-0.15, -0.1) is 0 Å². The number of aromatic nitrogens is 2. The topological polar surface area (TPSA) is 65.7 Å². The molecule has 2 aromatic rings. The molecule has 1 aromatic carbocycles. The molecule has 0 aliphatic heterocycles. The van der Waals surface area contributed by atoms with Crippen LogP contribution >= 0.6 is 11.6 Å². The molecular weight excluding hydrogens is 231 g/mol. The standard InChI is InChI=1S/C8H5ClN2O2.K.H/c9-4-2-1-3-5-6(4)7(12)11-8(13)10-5;;/h1-3H,(H2,10,11,12,13);;. The van der Waals surface area contributed by atoms with Crippen LogP contribution in [0.15, 0.2) is 27.8 Å². The van der Waals surface area contributed by atoms with Crippen LogP contribution in [-0.4, -0.2) is 61.4 Å². The Kier molecular flexibility index (Phi) is 4.11. The van der Waals surface area contributed by atoms with E-state index in [1.165, 1.54) is 0 Å². The molecule has 0 unspecified atom stereocenters. The fraction of sp³-hybridized carbons (Fsp3) is 0. The number of nitrogens with one attached hydrogen (secondary N) is 2. The van der Waals surface area contributed by atoms with Gasteiger partial charge in [0.25, 0.3) is 5.56 Å². The third kappa shape index (κ3) is 2.18. The fourth-order valence-corrected chi connectivity index (χ4v) is 1.44. The van der Waals surface area contributed by atoms with Crippen LogP contribution in [0.2, 0.25) is 5.02 Å².